The number of amides is 2. The number of carbonyl (C=O) groups excluding carboxylic acids is 1. The molecule has 1 aromatic carbocycles. The standard InChI is InChI=1S/C12H15FN2O4/c1-6-8(13)4-3-5-9(6)14-12(19)15-10(7(2)16)11(17)18/h3-5,7,10,16H,1-2H3,(H,17,18)(H2,14,15,19)/t7-,10+/m1/s1. The predicted molar refractivity (Wildman–Crippen MR) is 66.4 cm³/mol. The van der Waals surface area contributed by atoms with Crippen molar-refractivity contribution in [3.05, 3.63) is 29.6 Å². The van der Waals surface area contributed by atoms with Crippen LogP contribution in [0.5, 0.6) is 0 Å². The number of carbonyl (C=O) groups is 2. The fourth-order valence-electron chi connectivity index (χ4n) is 1.43. The molecule has 1 aromatic rings. The van der Waals surface area contributed by atoms with Gasteiger partial charge >= 0.3 is 12.0 Å². The number of anilines is 1. The van der Waals surface area contributed by atoms with Gasteiger partial charge in [0.15, 0.2) is 6.04 Å². The third-order valence-corrected chi connectivity index (χ3v) is 2.55. The van der Waals surface area contributed by atoms with Crippen LogP contribution in [0.15, 0.2) is 18.2 Å². The number of aliphatic hydroxyl groups is 1. The zero-order valence-corrected chi connectivity index (χ0v) is 10.5. The molecule has 104 valence electrons. The van der Waals surface area contributed by atoms with E-state index in [0.717, 1.165) is 0 Å². The lowest BCUT2D eigenvalue weighted by atomic mass is 10.2. The van der Waals surface area contributed by atoms with Gasteiger partial charge in [0.05, 0.1) is 6.10 Å². The number of halogens is 1. The summed E-state index contributed by atoms with van der Waals surface area (Å²) in [6.45, 7) is 2.72. The second-order valence-corrected chi connectivity index (χ2v) is 4.07. The third kappa shape index (κ3) is 3.92. The van der Waals surface area contributed by atoms with Crippen molar-refractivity contribution in [3.63, 3.8) is 0 Å². The number of hydrogen-bond acceptors (Lipinski definition) is 3. The summed E-state index contributed by atoms with van der Waals surface area (Å²) in [6.07, 6.45) is -1.25. The first-order valence-electron chi connectivity index (χ1n) is 5.56. The predicted octanol–water partition coefficient (Wildman–Crippen LogP) is 1.09. The van der Waals surface area contributed by atoms with E-state index in [1.165, 1.54) is 32.0 Å². The quantitative estimate of drug-likeness (QED) is 0.658. The molecule has 0 radical (unpaired) electrons. The molecule has 2 amide bonds. The summed E-state index contributed by atoms with van der Waals surface area (Å²) >= 11 is 0. The van der Waals surface area contributed by atoms with Gasteiger partial charge in [0, 0.05) is 11.3 Å². The van der Waals surface area contributed by atoms with Crippen LogP contribution in [0.2, 0.25) is 0 Å². The average Bonchev–Trinajstić information content (AvgIpc) is 2.31. The fraction of sp³-hybridized carbons (Fsp3) is 0.333. The number of nitrogens with one attached hydrogen (secondary N) is 2. The van der Waals surface area contributed by atoms with Crippen LogP contribution in [0.1, 0.15) is 12.5 Å². The highest BCUT2D eigenvalue weighted by Gasteiger charge is 2.25. The molecule has 0 aliphatic carbocycles. The summed E-state index contributed by atoms with van der Waals surface area (Å²) in [7, 11) is 0. The molecule has 0 bridgehead atoms. The highest BCUT2D eigenvalue weighted by molar-refractivity contribution is 5.93. The number of aliphatic hydroxyl groups excluding tert-OH is 1. The summed E-state index contributed by atoms with van der Waals surface area (Å²) in [4.78, 5) is 22.4. The van der Waals surface area contributed by atoms with E-state index in [4.69, 9.17) is 5.11 Å². The topological polar surface area (TPSA) is 98.7 Å². The average molecular weight is 270 g/mol. The minimum atomic E-state index is -1.44. The number of aliphatic carboxylic acids is 1. The van der Waals surface area contributed by atoms with Crippen molar-refractivity contribution < 1.29 is 24.2 Å². The molecule has 7 heteroatoms. The Hall–Kier alpha value is -2.15. The molecule has 6 nitrogen and oxygen atoms in total. The Labute approximate surface area is 109 Å². The molecule has 0 unspecified atom stereocenters. The second-order valence-electron chi connectivity index (χ2n) is 4.07. The summed E-state index contributed by atoms with van der Waals surface area (Å²) in [5.41, 5.74) is 0.466. The van der Waals surface area contributed by atoms with E-state index >= 15 is 0 Å². The summed E-state index contributed by atoms with van der Waals surface area (Å²) in [5, 5.41) is 22.4. The Morgan fingerprint density at radius 2 is 2.00 bits per heavy atom. The van der Waals surface area contributed by atoms with E-state index < -0.39 is 30.0 Å². The molecule has 0 saturated carbocycles. The Bertz CT molecular complexity index is 491. The largest absolute Gasteiger partial charge is 0.480 e. The normalized spacial score (nSPS) is 13.5. The number of hydrogen-bond donors (Lipinski definition) is 4. The van der Waals surface area contributed by atoms with Crippen LogP contribution < -0.4 is 10.6 Å². The zero-order valence-electron chi connectivity index (χ0n) is 10.5. The lowest BCUT2D eigenvalue weighted by Gasteiger charge is -2.18. The monoisotopic (exact) mass is 270 g/mol. The van der Waals surface area contributed by atoms with E-state index in [1.807, 2.05) is 0 Å². The summed E-state index contributed by atoms with van der Waals surface area (Å²) in [5.74, 6) is -1.84. The van der Waals surface area contributed by atoms with Crippen LogP contribution in [0.4, 0.5) is 14.9 Å². The molecule has 0 aliphatic rings. The molecule has 0 saturated heterocycles. The zero-order chi connectivity index (χ0) is 14.6. The van der Waals surface area contributed by atoms with E-state index in [-0.39, 0.29) is 11.3 Å². The number of carboxylic acids is 1. The van der Waals surface area contributed by atoms with Gasteiger partial charge in [0.2, 0.25) is 0 Å². The maximum atomic E-state index is 13.2. The van der Waals surface area contributed by atoms with Crippen LogP contribution in [-0.4, -0.2) is 34.4 Å². The first-order chi connectivity index (χ1) is 8.82. The van der Waals surface area contributed by atoms with Gasteiger partial charge in [-0.3, -0.25) is 0 Å². The Balaban J connectivity index is 2.75. The van der Waals surface area contributed by atoms with Crippen molar-refractivity contribution in [1.29, 1.82) is 0 Å². The molecule has 0 aromatic heterocycles. The van der Waals surface area contributed by atoms with Gasteiger partial charge in [-0.15, -0.1) is 0 Å². The third-order valence-electron chi connectivity index (χ3n) is 2.55. The highest BCUT2D eigenvalue weighted by Crippen LogP contribution is 2.17. The van der Waals surface area contributed by atoms with Crippen molar-refractivity contribution in [2.45, 2.75) is 26.0 Å². The van der Waals surface area contributed by atoms with Gasteiger partial charge in [-0.05, 0) is 26.0 Å². The maximum Gasteiger partial charge on any atom is 0.328 e. The number of benzene rings is 1. The molecule has 0 aliphatic heterocycles. The minimum Gasteiger partial charge on any atom is -0.480 e. The Morgan fingerprint density at radius 1 is 1.37 bits per heavy atom. The van der Waals surface area contributed by atoms with Crippen molar-refractivity contribution in [3.8, 4) is 0 Å². The molecule has 2 atom stereocenters. The molecule has 4 N–H and O–H groups in total. The lowest BCUT2D eigenvalue weighted by molar-refractivity contribution is -0.141. The number of urea groups is 1. The molecule has 0 fully saturated rings. The molecule has 0 spiro atoms. The summed E-state index contributed by atoms with van der Waals surface area (Å²) < 4.78 is 13.2. The molecule has 19 heavy (non-hydrogen) atoms. The molecule has 0 heterocycles. The van der Waals surface area contributed by atoms with Gasteiger partial charge < -0.3 is 20.8 Å². The fourth-order valence-corrected chi connectivity index (χ4v) is 1.43. The van der Waals surface area contributed by atoms with Crippen LogP contribution in [0, 0.1) is 12.7 Å². The van der Waals surface area contributed by atoms with E-state index in [9.17, 15) is 19.1 Å². The van der Waals surface area contributed by atoms with E-state index in [0.29, 0.717) is 0 Å². The van der Waals surface area contributed by atoms with Crippen LogP contribution in [0.3, 0.4) is 0 Å². The SMILES string of the molecule is Cc1c(F)cccc1NC(=O)N[C@H](C(=O)O)[C@@H](C)O. The maximum absolute atomic E-state index is 13.2. The minimum absolute atomic E-state index is 0.229. The number of carboxylic acid groups (broad SMARTS) is 1. The summed E-state index contributed by atoms with van der Waals surface area (Å²) in [6, 6.07) is 1.88. The first kappa shape index (κ1) is 14.9. The lowest BCUT2D eigenvalue weighted by Crippen LogP contribution is -2.49. The van der Waals surface area contributed by atoms with Crippen molar-refractivity contribution in [1.82, 2.24) is 5.32 Å². The van der Waals surface area contributed by atoms with Crippen molar-refractivity contribution in [2.24, 2.45) is 0 Å². The van der Waals surface area contributed by atoms with Crippen molar-refractivity contribution >= 4 is 17.7 Å². The van der Waals surface area contributed by atoms with Gasteiger partial charge in [0.1, 0.15) is 5.82 Å². The van der Waals surface area contributed by atoms with Crippen LogP contribution in [-0.2, 0) is 4.79 Å². The second kappa shape index (κ2) is 6.14. The highest BCUT2D eigenvalue weighted by atomic mass is 19.1. The van der Waals surface area contributed by atoms with Crippen LogP contribution in [0.25, 0.3) is 0 Å². The van der Waals surface area contributed by atoms with Gasteiger partial charge in [-0.25, -0.2) is 14.0 Å². The van der Waals surface area contributed by atoms with E-state index in [1.54, 1.807) is 0 Å². The Kier molecular flexibility index (Phi) is 4.82. The van der Waals surface area contributed by atoms with Crippen LogP contribution >= 0.6 is 0 Å². The Morgan fingerprint density at radius 3 is 2.53 bits per heavy atom. The molecular formula is C12H15FN2O4. The number of rotatable bonds is 4. The van der Waals surface area contributed by atoms with Gasteiger partial charge in [-0.1, -0.05) is 6.07 Å². The first-order valence-corrected chi connectivity index (χ1v) is 5.56. The smallest absolute Gasteiger partial charge is 0.328 e. The van der Waals surface area contributed by atoms with E-state index in [2.05, 4.69) is 10.6 Å². The van der Waals surface area contributed by atoms with Gasteiger partial charge in [-0.2, -0.15) is 0 Å². The van der Waals surface area contributed by atoms with Gasteiger partial charge in [0.25, 0.3) is 0 Å². The molecular weight excluding hydrogens is 255 g/mol. The molecule has 1 rings (SSSR count). The van der Waals surface area contributed by atoms with Crippen molar-refractivity contribution in [2.75, 3.05) is 5.32 Å².